The van der Waals surface area contributed by atoms with Crippen molar-refractivity contribution in [3.05, 3.63) is 58.2 Å². The van der Waals surface area contributed by atoms with Gasteiger partial charge in [0.1, 0.15) is 5.82 Å². The number of carbonyl (C=O) groups is 1. The Bertz CT molecular complexity index is 1060. The van der Waals surface area contributed by atoms with Gasteiger partial charge in [-0.25, -0.2) is 4.98 Å². The molecule has 0 saturated carbocycles. The Morgan fingerprint density at radius 2 is 1.47 bits per heavy atom. The van der Waals surface area contributed by atoms with Gasteiger partial charge in [0.25, 0.3) is 5.91 Å². The fourth-order valence-electron chi connectivity index (χ4n) is 4.84. The SMILES string of the molecule is O=C(c1ccc(C(F)(F)F)cc1)N(C1CCNCC1)C1CCN(c2ncc(C(F)(F)F)cc2Cl)CC1. The summed E-state index contributed by atoms with van der Waals surface area (Å²) in [6.07, 6.45) is -5.79. The zero-order valence-corrected chi connectivity index (χ0v) is 19.9. The van der Waals surface area contributed by atoms with Crippen LogP contribution in [0.4, 0.5) is 32.2 Å². The van der Waals surface area contributed by atoms with Crippen LogP contribution in [-0.4, -0.2) is 54.1 Å². The summed E-state index contributed by atoms with van der Waals surface area (Å²) in [5, 5.41) is 3.15. The minimum atomic E-state index is -4.55. The average molecular weight is 535 g/mol. The predicted molar refractivity (Wildman–Crippen MR) is 123 cm³/mol. The van der Waals surface area contributed by atoms with Gasteiger partial charge >= 0.3 is 12.4 Å². The number of rotatable bonds is 4. The van der Waals surface area contributed by atoms with Crippen molar-refractivity contribution in [2.24, 2.45) is 0 Å². The van der Waals surface area contributed by atoms with E-state index in [1.165, 1.54) is 12.1 Å². The number of piperidine rings is 2. The third kappa shape index (κ3) is 5.88. The zero-order valence-electron chi connectivity index (χ0n) is 19.2. The number of nitrogens with zero attached hydrogens (tertiary/aromatic N) is 3. The summed E-state index contributed by atoms with van der Waals surface area (Å²) in [4.78, 5) is 21.0. The third-order valence-electron chi connectivity index (χ3n) is 6.70. The van der Waals surface area contributed by atoms with Crippen molar-refractivity contribution in [2.45, 2.75) is 50.1 Å². The Morgan fingerprint density at radius 3 is 2.00 bits per heavy atom. The van der Waals surface area contributed by atoms with Gasteiger partial charge in [0.05, 0.1) is 16.1 Å². The first-order valence-corrected chi connectivity index (χ1v) is 12.0. The third-order valence-corrected chi connectivity index (χ3v) is 6.98. The maximum absolute atomic E-state index is 13.5. The fraction of sp³-hybridized carbons (Fsp3) is 0.500. The second kappa shape index (κ2) is 10.5. The van der Waals surface area contributed by atoms with Crippen LogP contribution in [0.15, 0.2) is 36.5 Å². The number of hydrogen-bond donors (Lipinski definition) is 1. The molecule has 0 bridgehead atoms. The van der Waals surface area contributed by atoms with E-state index in [1.807, 2.05) is 0 Å². The van der Waals surface area contributed by atoms with Crippen molar-refractivity contribution < 1.29 is 31.1 Å². The minimum Gasteiger partial charge on any atom is -0.355 e. The summed E-state index contributed by atoms with van der Waals surface area (Å²) < 4.78 is 77.7. The number of alkyl halides is 6. The molecule has 36 heavy (non-hydrogen) atoms. The molecular formula is C24H25ClF6N4O. The number of hydrogen-bond acceptors (Lipinski definition) is 4. The number of carbonyl (C=O) groups excluding carboxylic acids is 1. The standard InChI is InChI=1S/C24H25ClF6N4O/c25-20-13-17(24(29,30)31)14-33-21(20)34-11-7-19(8-12-34)35(18-5-9-32-10-6-18)22(36)15-1-3-16(4-2-15)23(26,27)28/h1-4,13-14,18-19,32H,5-12H2. The Morgan fingerprint density at radius 1 is 0.917 bits per heavy atom. The van der Waals surface area contributed by atoms with Crippen molar-refractivity contribution >= 4 is 23.3 Å². The molecule has 12 heteroatoms. The summed E-state index contributed by atoms with van der Waals surface area (Å²) in [7, 11) is 0. The van der Waals surface area contributed by atoms with Crippen LogP contribution in [0.2, 0.25) is 5.02 Å². The molecule has 2 aliphatic heterocycles. The summed E-state index contributed by atoms with van der Waals surface area (Å²) in [5.74, 6) is -0.0645. The van der Waals surface area contributed by atoms with Gasteiger partial charge in [-0.15, -0.1) is 0 Å². The maximum atomic E-state index is 13.5. The molecule has 2 saturated heterocycles. The van der Waals surface area contributed by atoms with Gasteiger partial charge in [0.15, 0.2) is 0 Å². The number of aromatic nitrogens is 1. The predicted octanol–water partition coefficient (Wildman–Crippen LogP) is 5.64. The molecule has 4 rings (SSSR count). The molecule has 0 unspecified atom stereocenters. The van der Waals surface area contributed by atoms with E-state index >= 15 is 0 Å². The number of halogens is 7. The Hall–Kier alpha value is -2.53. The Kier molecular flexibility index (Phi) is 7.70. The summed E-state index contributed by atoms with van der Waals surface area (Å²) >= 11 is 6.11. The topological polar surface area (TPSA) is 48.5 Å². The van der Waals surface area contributed by atoms with Crippen LogP contribution in [0.1, 0.15) is 47.2 Å². The van der Waals surface area contributed by atoms with Crippen LogP contribution in [0.25, 0.3) is 0 Å². The smallest absolute Gasteiger partial charge is 0.355 e. The van der Waals surface area contributed by atoms with E-state index in [0.717, 1.165) is 50.3 Å². The van der Waals surface area contributed by atoms with Crippen LogP contribution in [-0.2, 0) is 12.4 Å². The molecule has 1 amide bonds. The van der Waals surface area contributed by atoms with E-state index in [1.54, 1.807) is 9.80 Å². The molecule has 1 aromatic carbocycles. The van der Waals surface area contributed by atoms with Gasteiger partial charge in [-0.3, -0.25) is 4.79 Å². The van der Waals surface area contributed by atoms with Gasteiger partial charge in [-0.05, 0) is 69.1 Å². The highest BCUT2D eigenvalue weighted by Gasteiger charge is 2.37. The summed E-state index contributed by atoms with van der Waals surface area (Å²) in [6.45, 7) is 2.30. The molecule has 0 aliphatic carbocycles. The lowest BCUT2D eigenvalue weighted by atomic mass is 9.95. The molecule has 2 fully saturated rings. The van der Waals surface area contributed by atoms with Gasteiger partial charge in [0, 0.05) is 36.9 Å². The first-order chi connectivity index (χ1) is 16.9. The highest BCUT2D eigenvalue weighted by molar-refractivity contribution is 6.33. The molecule has 0 spiro atoms. The lowest BCUT2D eigenvalue weighted by Gasteiger charge is -2.44. The van der Waals surface area contributed by atoms with Crippen LogP contribution in [0.5, 0.6) is 0 Å². The van der Waals surface area contributed by atoms with E-state index in [4.69, 9.17) is 11.6 Å². The van der Waals surface area contributed by atoms with Crippen LogP contribution < -0.4 is 10.2 Å². The average Bonchev–Trinajstić information content (AvgIpc) is 2.84. The van der Waals surface area contributed by atoms with Crippen LogP contribution in [0.3, 0.4) is 0 Å². The molecular weight excluding hydrogens is 510 g/mol. The molecule has 1 aromatic heterocycles. The monoisotopic (exact) mass is 534 g/mol. The summed E-state index contributed by atoms with van der Waals surface area (Å²) in [5.41, 5.74) is -1.55. The quantitative estimate of drug-likeness (QED) is 0.516. The number of pyridine rings is 1. The lowest BCUT2D eigenvalue weighted by Crippen LogP contribution is -2.54. The minimum absolute atomic E-state index is 0.0645. The molecule has 0 radical (unpaired) electrons. The molecule has 0 atom stereocenters. The van der Waals surface area contributed by atoms with Crippen molar-refractivity contribution in [3.63, 3.8) is 0 Å². The largest absolute Gasteiger partial charge is 0.417 e. The van der Waals surface area contributed by atoms with Crippen molar-refractivity contribution in [1.29, 1.82) is 0 Å². The van der Waals surface area contributed by atoms with Crippen molar-refractivity contribution in [2.75, 3.05) is 31.1 Å². The van der Waals surface area contributed by atoms with E-state index < -0.39 is 23.5 Å². The molecule has 3 heterocycles. The number of amides is 1. The highest BCUT2D eigenvalue weighted by Crippen LogP contribution is 2.35. The van der Waals surface area contributed by atoms with Gasteiger partial charge < -0.3 is 15.1 Å². The maximum Gasteiger partial charge on any atom is 0.417 e. The number of anilines is 1. The van der Waals surface area contributed by atoms with Gasteiger partial charge in [0.2, 0.25) is 0 Å². The van der Waals surface area contributed by atoms with E-state index in [2.05, 4.69) is 10.3 Å². The Balaban J connectivity index is 1.51. The Labute approximate surface area is 209 Å². The normalized spacial score (nSPS) is 18.4. The second-order valence-corrected chi connectivity index (χ2v) is 9.42. The van der Waals surface area contributed by atoms with Gasteiger partial charge in [-0.2, -0.15) is 26.3 Å². The second-order valence-electron chi connectivity index (χ2n) is 9.01. The van der Waals surface area contributed by atoms with Crippen molar-refractivity contribution in [3.8, 4) is 0 Å². The fourth-order valence-corrected chi connectivity index (χ4v) is 5.13. The molecule has 196 valence electrons. The van der Waals surface area contributed by atoms with E-state index in [0.29, 0.717) is 25.9 Å². The summed E-state index contributed by atoms with van der Waals surface area (Å²) in [6, 6.07) is 4.85. The highest BCUT2D eigenvalue weighted by atomic mass is 35.5. The molecule has 1 N–H and O–H groups in total. The van der Waals surface area contributed by atoms with Crippen LogP contribution >= 0.6 is 11.6 Å². The molecule has 2 aromatic rings. The lowest BCUT2D eigenvalue weighted by molar-refractivity contribution is -0.138. The first-order valence-electron chi connectivity index (χ1n) is 11.6. The zero-order chi connectivity index (χ0) is 26.1. The van der Waals surface area contributed by atoms with E-state index in [9.17, 15) is 31.1 Å². The number of nitrogens with one attached hydrogen (secondary N) is 1. The molecule has 2 aliphatic rings. The first kappa shape index (κ1) is 26.5. The van der Waals surface area contributed by atoms with E-state index in [-0.39, 0.29) is 34.4 Å². The van der Waals surface area contributed by atoms with Crippen molar-refractivity contribution in [1.82, 2.24) is 15.2 Å². The van der Waals surface area contributed by atoms with Gasteiger partial charge in [-0.1, -0.05) is 11.6 Å². The number of benzene rings is 1. The molecule has 5 nitrogen and oxygen atoms in total. The van der Waals surface area contributed by atoms with Crippen LogP contribution in [0, 0.1) is 0 Å².